The van der Waals surface area contributed by atoms with Crippen molar-refractivity contribution in [2.24, 2.45) is 5.92 Å². The molecular formula is C20H22ClNO4S. The highest BCUT2D eigenvalue weighted by Crippen LogP contribution is 2.31. The van der Waals surface area contributed by atoms with Crippen molar-refractivity contribution in [3.05, 3.63) is 64.7 Å². The Morgan fingerprint density at radius 1 is 1.19 bits per heavy atom. The van der Waals surface area contributed by atoms with E-state index in [-0.39, 0.29) is 17.4 Å². The standard InChI is InChI=1S/C20H22ClNO4S/c1-2-27(24,25)26-17-7-5-6-16(12-17)14-22(13-15-10-11-15)20(23)18-8-3-4-9-19(18)21/h3-9,12,15H,2,10-11,13-14H2,1H3. The quantitative estimate of drug-likeness (QED) is 0.617. The molecule has 7 heteroatoms. The molecule has 1 amide bonds. The first-order valence-corrected chi connectivity index (χ1v) is 10.9. The van der Waals surface area contributed by atoms with E-state index in [4.69, 9.17) is 15.8 Å². The molecule has 0 bridgehead atoms. The lowest BCUT2D eigenvalue weighted by Gasteiger charge is -2.23. The summed E-state index contributed by atoms with van der Waals surface area (Å²) in [6, 6.07) is 13.8. The summed E-state index contributed by atoms with van der Waals surface area (Å²) >= 11 is 6.20. The first-order valence-electron chi connectivity index (χ1n) is 8.93. The lowest BCUT2D eigenvalue weighted by molar-refractivity contribution is 0.0735. The zero-order valence-electron chi connectivity index (χ0n) is 15.1. The van der Waals surface area contributed by atoms with E-state index < -0.39 is 10.1 Å². The van der Waals surface area contributed by atoms with Crippen molar-refractivity contribution >= 4 is 27.6 Å². The predicted molar refractivity (Wildman–Crippen MR) is 105 cm³/mol. The third kappa shape index (κ3) is 5.47. The van der Waals surface area contributed by atoms with E-state index in [1.807, 2.05) is 6.07 Å². The average molecular weight is 408 g/mol. The van der Waals surface area contributed by atoms with Crippen LogP contribution in [0, 0.1) is 5.92 Å². The Hall–Kier alpha value is -2.05. The molecule has 0 radical (unpaired) electrons. The van der Waals surface area contributed by atoms with E-state index in [9.17, 15) is 13.2 Å². The van der Waals surface area contributed by atoms with Gasteiger partial charge in [-0.1, -0.05) is 35.9 Å². The molecule has 27 heavy (non-hydrogen) atoms. The van der Waals surface area contributed by atoms with Gasteiger partial charge < -0.3 is 9.08 Å². The van der Waals surface area contributed by atoms with Crippen LogP contribution in [0.2, 0.25) is 5.02 Å². The molecule has 1 fully saturated rings. The molecule has 5 nitrogen and oxygen atoms in total. The SMILES string of the molecule is CCS(=O)(=O)Oc1cccc(CN(CC2CC2)C(=O)c2ccccc2Cl)c1. The first-order chi connectivity index (χ1) is 12.9. The highest BCUT2D eigenvalue weighted by atomic mass is 35.5. The average Bonchev–Trinajstić information content (AvgIpc) is 3.45. The second kappa shape index (κ2) is 8.31. The zero-order valence-corrected chi connectivity index (χ0v) is 16.7. The smallest absolute Gasteiger partial charge is 0.308 e. The van der Waals surface area contributed by atoms with Crippen molar-refractivity contribution in [3.63, 3.8) is 0 Å². The third-order valence-electron chi connectivity index (χ3n) is 4.42. The molecule has 0 heterocycles. The highest BCUT2D eigenvalue weighted by Gasteiger charge is 2.28. The van der Waals surface area contributed by atoms with Crippen molar-refractivity contribution in [1.82, 2.24) is 4.90 Å². The molecule has 1 saturated carbocycles. The molecule has 0 atom stereocenters. The van der Waals surface area contributed by atoms with E-state index in [1.54, 1.807) is 47.4 Å². The maximum absolute atomic E-state index is 13.0. The van der Waals surface area contributed by atoms with Gasteiger partial charge in [0.05, 0.1) is 16.3 Å². The number of carbonyl (C=O) groups is 1. The van der Waals surface area contributed by atoms with Gasteiger partial charge in [-0.05, 0) is 55.5 Å². The maximum Gasteiger partial charge on any atom is 0.308 e. The topological polar surface area (TPSA) is 63.7 Å². The summed E-state index contributed by atoms with van der Waals surface area (Å²) in [5.74, 6) is 0.540. The Morgan fingerprint density at radius 2 is 1.93 bits per heavy atom. The summed E-state index contributed by atoms with van der Waals surface area (Å²) in [4.78, 5) is 14.8. The third-order valence-corrected chi connectivity index (χ3v) is 5.90. The van der Waals surface area contributed by atoms with Gasteiger partial charge in [0.25, 0.3) is 5.91 Å². The van der Waals surface area contributed by atoms with Crippen LogP contribution >= 0.6 is 11.6 Å². The normalized spacial score (nSPS) is 14.0. The largest absolute Gasteiger partial charge is 0.382 e. The molecule has 0 N–H and O–H groups in total. The van der Waals surface area contributed by atoms with E-state index in [0.29, 0.717) is 29.6 Å². The van der Waals surface area contributed by atoms with Gasteiger partial charge in [-0.2, -0.15) is 8.42 Å². The molecule has 2 aromatic carbocycles. The Labute approximate surface area is 165 Å². The second-order valence-electron chi connectivity index (χ2n) is 6.69. The minimum absolute atomic E-state index is 0.101. The van der Waals surface area contributed by atoms with Gasteiger partial charge >= 0.3 is 10.1 Å². The second-order valence-corrected chi connectivity index (χ2v) is 8.95. The number of carbonyl (C=O) groups excluding carboxylic acids is 1. The summed E-state index contributed by atoms with van der Waals surface area (Å²) < 4.78 is 28.4. The van der Waals surface area contributed by atoms with Crippen molar-refractivity contribution in [3.8, 4) is 5.75 Å². The molecular weight excluding hydrogens is 386 g/mol. The minimum Gasteiger partial charge on any atom is -0.382 e. The monoisotopic (exact) mass is 407 g/mol. The first kappa shape index (κ1) is 19.7. The Kier molecular flexibility index (Phi) is 6.07. The summed E-state index contributed by atoms with van der Waals surface area (Å²) in [5.41, 5.74) is 1.28. The lowest BCUT2D eigenvalue weighted by Crippen LogP contribution is -2.32. The summed E-state index contributed by atoms with van der Waals surface area (Å²) in [6.45, 7) is 2.55. The van der Waals surface area contributed by atoms with Gasteiger partial charge in [0.1, 0.15) is 5.75 Å². The number of hydrogen-bond donors (Lipinski definition) is 0. The minimum atomic E-state index is -3.59. The molecule has 1 aliphatic rings. The van der Waals surface area contributed by atoms with Gasteiger partial charge in [0, 0.05) is 13.1 Å². The number of rotatable bonds is 8. The molecule has 144 valence electrons. The van der Waals surface area contributed by atoms with Gasteiger partial charge in [0.2, 0.25) is 0 Å². The molecule has 0 aliphatic heterocycles. The van der Waals surface area contributed by atoms with Crippen molar-refractivity contribution in [1.29, 1.82) is 0 Å². The van der Waals surface area contributed by atoms with Gasteiger partial charge in [-0.25, -0.2) is 0 Å². The van der Waals surface area contributed by atoms with Crippen LogP contribution in [0.1, 0.15) is 35.7 Å². The van der Waals surface area contributed by atoms with Crippen LogP contribution in [-0.4, -0.2) is 31.5 Å². The van der Waals surface area contributed by atoms with E-state index in [0.717, 1.165) is 18.4 Å². The number of nitrogens with zero attached hydrogens (tertiary/aromatic N) is 1. The summed E-state index contributed by atoms with van der Waals surface area (Å²) in [6.07, 6.45) is 2.23. The van der Waals surface area contributed by atoms with Crippen LogP contribution in [0.15, 0.2) is 48.5 Å². The van der Waals surface area contributed by atoms with Gasteiger partial charge in [0.15, 0.2) is 0 Å². The molecule has 0 spiro atoms. The van der Waals surface area contributed by atoms with E-state index in [2.05, 4.69) is 0 Å². The van der Waals surface area contributed by atoms with E-state index in [1.165, 1.54) is 6.92 Å². The van der Waals surface area contributed by atoms with Crippen molar-refractivity contribution < 1.29 is 17.4 Å². The molecule has 0 saturated heterocycles. The Bertz CT molecular complexity index is 925. The number of amides is 1. The number of hydrogen-bond acceptors (Lipinski definition) is 4. The summed E-state index contributed by atoms with van der Waals surface area (Å²) in [7, 11) is -3.59. The van der Waals surface area contributed by atoms with Crippen LogP contribution in [0.3, 0.4) is 0 Å². The fourth-order valence-corrected chi connectivity index (χ4v) is 3.49. The molecule has 0 unspecified atom stereocenters. The van der Waals surface area contributed by atoms with Crippen molar-refractivity contribution in [2.45, 2.75) is 26.3 Å². The van der Waals surface area contributed by atoms with Crippen LogP contribution in [0.25, 0.3) is 0 Å². The van der Waals surface area contributed by atoms with Crippen LogP contribution in [-0.2, 0) is 16.7 Å². The van der Waals surface area contributed by atoms with E-state index >= 15 is 0 Å². The lowest BCUT2D eigenvalue weighted by atomic mass is 10.1. The zero-order chi connectivity index (χ0) is 19.4. The molecule has 1 aliphatic carbocycles. The fourth-order valence-electron chi connectivity index (χ4n) is 2.76. The van der Waals surface area contributed by atoms with Crippen LogP contribution < -0.4 is 4.18 Å². The molecule has 0 aromatic heterocycles. The maximum atomic E-state index is 13.0. The van der Waals surface area contributed by atoms with Crippen molar-refractivity contribution in [2.75, 3.05) is 12.3 Å². The Balaban J connectivity index is 1.81. The Morgan fingerprint density at radius 3 is 2.59 bits per heavy atom. The summed E-state index contributed by atoms with van der Waals surface area (Å²) in [5, 5.41) is 0.425. The van der Waals surface area contributed by atoms with Gasteiger partial charge in [-0.3, -0.25) is 4.79 Å². The highest BCUT2D eigenvalue weighted by molar-refractivity contribution is 7.87. The van der Waals surface area contributed by atoms with Crippen LogP contribution in [0.4, 0.5) is 0 Å². The predicted octanol–water partition coefficient (Wildman–Crippen LogP) is 4.12. The number of benzene rings is 2. The van der Waals surface area contributed by atoms with Gasteiger partial charge in [-0.15, -0.1) is 0 Å². The molecule has 3 rings (SSSR count). The molecule has 2 aromatic rings. The van der Waals surface area contributed by atoms with Crippen LogP contribution in [0.5, 0.6) is 5.75 Å². The fraction of sp³-hybridized carbons (Fsp3) is 0.350. The number of halogens is 1.